The highest BCUT2D eigenvalue weighted by Crippen LogP contribution is 2.43. The number of aromatic nitrogens is 2. The Balaban J connectivity index is 1.32. The van der Waals surface area contributed by atoms with Crippen molar-refractivity contribution in [2.24, 2.45) is 7.05 Å². The van der Waals surface area contributed by atoms with Crippen LogP contribution in [-0.4, -0.2) is 88.0 Å². The molecule has 0 radical (unpaired) electrons. The lowest BCUT2D eigenvalue weighted by atomic mass is 9.96. The lowest BCUT2D eigenvalue weighted by Gasteiger charge is -2.43. The summed E-state index contributed by atoms with van der Waals surface area (Å²) in [4.78, 5) is 28.3. The zero-order valence-electron chi connectivity index (χ0n) is 21.2. The van der Waals surface area contributed by atoms with Gasteiger partial charge in [0, 0.05) is 87.5 Å². The molecular formula is C25H31F3N6O4. The van der Waals surface area contributed by atoms with E-state index in [4.69, 9.17) is 4.74 Å². The number of anilines is 1. The van der Waals surface area contributed by atoms with Gasteiger partial charge in [-0.1, -0.05) is 0 Å². The molecule has 0 N–H and O–H groups in total. The summed E-state index contributed by atoms with van der Waals surface area (Å²) in [5, 5.41) is 16.2. The Morgan fingerprint density at radius 3 is 2.29 bits per heavy atom. The van der Waals surface area contributed by atoms with Gasteiger partial charge in [0.15, 0.2) is 5.75 Å². The molecule has 0 bridgehead atoms. The van der Waals surface area contributed by atoms with Gasteiger partial charge in [-0.15, -0.1) is 0 Å². The molecule has 0 unspecified atom stereocenters. The number of halogens is 3. The first-order valence-electron chi connectivity index (χ1n) is 12.9. The molecule has 3 aliphatic rings. The third-order valence-corrected chi connectivity index (χ3v) is 7.80. The predicted octanol–water partition coefficient (Wildman–Crippen LogP) is 3.60. The van der Waals surface area contributed by atoms with Gasteiger partial charge in [0.2, 0.25) is 0 Å². The van der Waals surface area contributed by atoms with Crippen molar-refractivity contribution in [1.82, 2.24) is 19.6 Å². The topological polar surface area (TPSA) is 97.0 Å². The fraction of sp³-hybridized carbons (Fsp3) is 0.600. The number of alkyl halides is 3. The third-order valence-electron chi connectivity index (χ3n) is 7.80. The van der Waals surface area contributed by atoms with Crippen LogP contribution in [0.4, 0.5) is 24.5 Å². The molecule has 2 aliphatic heterocycles. The molecule has 2 saturated heterocycles. The number of benzene rings is 1. The standard InChI is InChI=1S/C25H31F3N6O4/c1-30-16-17(15-29-30)20-13-22(34(36)37)23(38-19-3-2-4-19)14-21(20)32-7-5-18(6-8-32)31-9-11-33(12-10-31)24(35)25(26,27)28/h13-16,18-19H,2-12H2,1H3. The van der Waals surface area contributed by atoms with Crippen LogP contribution in [0.5, 0.6) is 5.75 Å². The number of nitrogens with zero attached hydrogens (tertiary/aromatic N) is 6. The highest BCUT2D eigenvalue weighted by molar-refractivity contribution is 5.83. The van der Waals surface area contributed by atoms with E-state index in [2.05, 4.69) is 14.9 Å². The molecule has 1 aromatic carbocycles. The van der Waals surface area contributed by atoms with E-state index >= 15 is 0 Å². The summed E-state index contributed by atoms with van der Waals surface area (Å²) in [5.74, 6) is -1.50. The zero-order valence-corrected chi connectivity index (χ0v) is 21.2. The number of piperidine rings is 1. The summed E-state index contributed by atoms with van der Waals surface area (Å²) >= 11 is 0. The Kier molecular flexibility index (Phi) is 7.21. The number of hydrogen-bond acceptors (Lipinski definition) is 7. The van der Waals surface area contributed by atoms with Gasteiger partial charge < -0.3 is 14.5 Å². The monoisotopic (exact) mass is 536 g/mol. The van der Waals surface area contributed by atoms with Crippen LogP contribution in [0.3, 0.4) is 0 Å². The number of piperazine rings is 1. The molecule has 13 heteroatoms. The van der Waals surface area contributed by atoms with Crippen LogP contribution in [0.2, 0.25) is 0 Å². The van der Waals surface area contributed by atoms with Crippen molar-refractivity contribution in [1.29, 1.82) is 0 Å². The lowest BCUT2D eigenvalue weighted by molar-refractivity contribution is -0.386. The molecule has 3 fully saturated rings. The van der Waals surface area contributed by atoms with E-state index in [1.54, 1.807) is 30.1 Å². The predicted molar refractivity (Wildman–Crippen MR) is 133 cm³/mol. The smallest absolute Gasteiger partial charge is 0.471 e. The summed E-state index contributed by atoms with van der Waals surface area (Å²) < 4.78 is 46.0. The van der Waals surface area contributed by atoms with Gasteiger partial charge in [0.25, 0.3) is 0 Å². The maximum Gasteiger partial charge on any atom is 0.471 e. The SMILES string of the molecule is Cn1cc(-c2cc([N+](=O)[O-])c(OC3CCC3)cc2N2CCC(N3CCN(C(=O)C(F)(F)F)CC3)CC2)cn1. The second-order valence-electron chi connectivity index (χ2n) is 10.2. The normalized spacial score (nSPS) is 19.9. The number of rotatable bonds is 6. The van der Waals surface area contributed by atoms with E-state index in [0.29, 0.717) is 31.7 Å². The Morgan fingerprint density at radius 2 is 1.76 bits per heavy atom. The van der Waals surface area contributed by atoms with Crippen LogP contribution in [0.25, 0.3) is 11.1 Å². The highest BCUT2D eigenvalue weighted by Gasteiger charge is 2.43. The van der Waals surface area contributed by atoms with Gasteiger partial charge in [0.05, 0.1) is 17.2 Å². The number of nitro benzene ring substituents is 1. The second kappa shape index (κ2) is 10.4. The Bertz CT molecular complexity index is 1180. The van der Waals surface area contributed by atoms with Crippen LogP contribution in [-0.2, 0) is 11.8 Å². The highest BCUT2D eigenvalue weighted by atomic mass is 19.4. The minimum atomic E-state index is -4.84. The molecular weight excluding hydrogens is 505 g/mol. The second-order valence-corrected chi connectivity index (χ2v) is 10.2. The van der Waals surface area contributed by atoms with Crippen molar-refractivity contribution < 1.29 is 27.6 Å². The average Bonchev–Trinajstić information content (AvgIpc) is 3.31. The van der Waals surface area contributed by atoms with Gasteiger partial charge in [-0.2, -0.15) is 18.3 Å². The van der Waals surface area contributed by atoms with E-state index in [1.165, 1.54) is 0 Å². The van der Waals surface area contributed by atoms with Crippen molar-refractivity contribution in [3.8, 4) is 16.9 Å². The summed E-state index contributed by atoms with van der Waals surface area (Å²) in [7, 11) is 1.79. The first-order chi connectivity index (χ1) is 18.1. The average molecular weight is 537 g/mol. The van der Waals surface area contributed by atoms with Gasteiger partial charge >= 0.3 is 17.8 Å². The van der Waals surface area contributed by atoms with Crippen molar-refractivity contribution in [3.63, 3.8) is 0 Å². The largest absolute Gasteiger partial charge is 0.483 e. The van der Waals surface area contributed by atoms with Crippen LogP contribution in [0.15, 0.2) is 24.5 Å². The minimum absolute atomic E-state index is 0.0144. The molecule has 3 heterocycles. The van der Waals surface area contributed by atoms with Gasteiger partial charge in [-0.3, -0.25) is 24.5 Å². The zero-order chi connectivity index (χ0) is 27.0. The minimum Gasteiger partial charge on any atom is -0.483 e. The molecule has 0 spiro atoms. The molecule has 206 valence electrons. The number of nitro groups is 1. The molecule has 5 rings (SSSR count). The van der Waals surface area contributed by atoms with Crippen molar-refractivity contribution in [2.45, 2.75) is 50.4 Å². The van der Waals surface area contributed by atoms with Gasteiger partial charge in [0.1, 0.15) is 0 Å². The Morgan fingerprint density at radius 1 is 1.08 bits per heavy atom. The molecule has 10 nitrogen and oxygen atoms in total. The van der Waals surface area contributed by atoms with Crippen LogP contribution < -0.4 is 9.64 Å². The fourth-order valence-electron chi connectivity index (χ4n) is 5.46. The molecule has 2 aromatic rings. The van der Waals surface area contributed by atoms with Crippen molar-refractivity contribution in [2.75, 3.05) is 44.2 Å². The number of aryl methyl sites for hydroxylation is 1. The number of carbonyl (C=O) groups is 1. The Labute approximate surface area is 218 Å². The maximum absolute atomic E-state index is 12.8. The first-order valence-corrected chi connectivity index (χ1v) is 12.9. The summed E-state index contributed by atoms with van der Waals surface area (Å²) in [6.45, 7) is 2.30. The van der Waals surface area contributed by atoms with Gasteiger partial charge in [-0.05, 0) is 32.1 Å². The molecule has 1 aliphatic carbocycles. The van der Waals surface area contributed by atoms with Crippen LogP contribution in [0.1, 0.15) is 32.1 Å². The summed E-state index contributed by atoms with van der Waals surface area (Å²) in [6, 6.07) is 3.55. The van der Waals surface area contributed by atoms with E-state index in [0.717, 1.165) is 48.3 Å². The third kappa shape index (κ3) is 5.42. The summed E-state index contributed by atoms with van der Waals surface area (Å²) in [6.07, 6.45) is 3.03. The van der Waals surface area contributed by atoms with E-state index in [1.807, 2.05) is 6.20 Å². The van der Waals surface area contributed by atoms with Crippen LogP contribution >= 0.6 is 0 Å². The van der Waals surface area contributed by atoms with Crippen molar-refractivity contribution >= 4 is 17.3 Å². The number of hydrogen-bond donors (Lipinski definition) is 0. The Hall–Kier alpha value is -3.35. The number of carbonyl (C=O) groups excluding carboxylic acids is 1. The van der Waals surface area contributed by atoms with E-state index in [-0.39, 0.29) is 36.7 Å². The number of amides is 1. The number of ether oxygens (including phenoxy) is 1. The molecule has 1 saturated carbocycles. The van der Waals surface area contributed by atoms with Gasteiger partial charge in [-0.25, -0.2) is 0 Å². The van der Waals surface area contributed by atoms with E-state index < -0.39 is 17.0 Å². The van der Waals surface area contributed by atoms with Crippen molar-refractivity contribution in [3.05, 3.63) is 34.6 Å². The maximum atomic E-state index is 12.8. The summed E-state index contributed by atoms with van der Waals surface area (Å²) in [5.41, 5.74) is 2.26. The van der Waals surface area contributed by atoms with Crippen LogP contribution in [0, 0.1) is 10.1 Å². The van der Waals surface area contributed by atoms with E-state index in [9.17, 15) is 28.1 Å². The molecule has 38 heavy (non-hydrogen) atoms. The molecule has 1 amide bonds. The molecule has 1 aromatic heterocycles. The molecule has 0 atom stereocenters. The first kappa shape index (κ1) is 26.3. The fourth-order valence-corrected chi connectivity index (χ4v) is 5.46. The quantitative estimate of drug-likeness (QED) is 0.411. The lowest BCUT2D eigenvalue weighted by Crippen LogP contribution is -2.56.